The number of carbonyl (C=O) groups excluding carboxylic acids is 1. The number of amides is 1. The third-order valence-corrected chi connectivity index (χ3v) is 11.9. The van der Waals surface area contributed by atoms with Gasteiger partial charge in [0.1, 0.15) is 19.0 Å². The van der Waals surface area contributed by atoms with Crippen LogP contribution in [0.3, 0.4) is 0 Å². The van der Waals surface area contributed by atoms with E-state index in [1.807, 2.05) is 60.7 Å². The Morgan fingerprint density at radius 1 is 0.877 bits per heavy atom. The van der Waals surface area contributed by atoms with Crippen molar-refractivity contribution in [1.82, 2.24) is 10.2 Å². The summed E-state index contributed by atoms with van der Waals surface area (Å²) in [5.74, 6) is 2.69. The maximum absolute atomic E-state index is 14.1. The highest BCUT2D eigenvalue weighted by Crippen LogP contribution is 2.41. The van der Waals surface area contributed by atoms with Crippen LogP contribution in [0.1, 0.15) is 59.3 Å². The molecule has 1 saturated heterocycles. The zero-order valence-corrected chi connectivity index (χ0v) is 33.4. The summed E-state index contributed by atoms with van der Waals surface area (Å²) in [6.07, 6.45) is 3.04. The number of hydrogen-bond acceptors (Lipinski definition) is 7. The van der Waals surface area contributed by atoms with Gasteiger partial charge in [0.05, 0.1) is 27.7 Å². The van der Waals surface area contributed by atoms with Crippen molar-refractivity contribution in [2.45, 2.75) is 63.9 Å². The zero-order valence-electron chi connectivity index (χ0n) is 31.9. The summed E-state index contributed by atoms with van der Waals surface area (Å²) >= 11 is 12.2. The van der Waals surface area contributed by atoms with E-state index in [4.69, 9.17) is 47.4 Å². The minimum absolute atomic E-state index is 0.0498. The Morgan fingerprint density at radius 3 is 2.30 bits per heavy atom. The fourth-order valence-electron chi connectivity index (χ4n) is 7.97. The number of fused-ring (bicyclic) bond motifs is 2. The standard InChI is InChI=1S/C47H45Cl2N3O5/c1-30(20-31-2-7-35(8-3-31)36-9-4-32(25-50)5-10-36)51-47(53)43-22-38-23-44-45(24-39(38)27-52(43)26-33-16-18-54-19-17-33)57-46(29-56-44)37-11-13-40(14-12-37)55-28-34-6-15-41(48)42(49)21-34/h2-15,21,23-24,30,33,43,46H,16-20,22,26-29H2,1H3,(H,51,53). The van der Waals surface area contributed by atoms with Gasteiger partial charge < -0.3 is 24.3 Å². The summed E-state index contributed by atoms with van der Waals surface area (Å²) in [5, 5.41) is 13.5. The van der Waals surface area contributed by atoms with E-state index in [-0.39, 0.29) is 24.1 Å². The number of rotatable bonds is 11. The van der Waals surface area contributed by atoms with E-state index in [1.165, 1.54) is 0 Å². The molecule has 0 aromatic heterocycles. The maximum Gasteiger partial charge on any atom is 0.237 e. The number of carbonyl (C=O) groups is 1. The molecule has 1 amide bonds. The number of benzene rings is 5. The molecule has 3 atom stereocenters. The molecule has 0 saturated carbocycles. The number of hydrogen-bond donors (Lipinski definition) is 1. The van der Waals surface area contributed by atoms with Crippen molar-refractivity contribution in [2.24, 2.45) is 5.92 Å². The SMILES string of the molecule is CC(Cc1ccc(-c2ccc(C#N)cc2)cc1)NC(=O)C1Cc2cc3c(cc2CN1CC1CCOCC1)OC(c1ccc(OCc2ccc(Cl)c(Cl)c2)cc1)CO3. The molecule has 8 nitrogen and oxygen atoms in total. The summed E-state index contributed by atoms with van der Waals surface area (Å²) in [6.45, 7) is 5.84. The first-order valence-electron chi connectivity index (χ1n) is 19.6. The first kappa shape index (κ1) is 38.8. The average Bonchev–Trinajstić information content (AvgIpc) is 3.24. The third-order valence-electron chi connectivity index (χ3n) is 11.2. The van der Waals surface area contributed by atoms with Gasteiger partial charge in [0, 0.05) is 32.3 Å². The molecule has 5 aromatic carbocycles. The van der Waals surface area contributed by atoms with E-state index in [1.54, 1.807) is 6.07 Å². The van der Waals surface area contributed by atoms with Crippen LogP contribution in [0.15, 0.2) is 103 Å². The lowest BCUT2D eigenvalue weighted by Gasteiger charge is -2.40. The largest absolute Gasteiger partial charge is 0.489 e. The highest BCUT2D eigenvalue weighted by molar-refractivity contribution is 6.42. The van der Waals surface area contributed by atoms with Gasteiger partial charge in [-0.3, -0.25) is 9.69 Å². The smallest absolute Gasteiger partial charge is 0.237 e. The van der Waals surface area contributed by atoms with Crippen molar-refractivity contribution < 1.29 is 23.7 Å². The van der Waals surface area contributed by atoms with Gasteiger partial charge in [-0.05, 0) is 126 Å². The first-order valence-corrected chi connectivity index (χ1v) is 20.4. The highest BCUT2D eigenvalue weighted by Gasteiger charge is 2.35. The van der Waals surface area contributed by atoms with Crippen molar-refractivity contribution in [3.63, 3.8) is 0 Å². The zero-order chi connectivity index (χ0) is 39.3. The lowest BCUT2D eigenvalue weighted by molar-refractivity contribution is -0.128. The van der Waals surface area contributed by atoms with Crippen LogP contribution >= 0.6 is 23.2 Å². The predicted molar refractivity (Wildman–Crippen MR) is 222 cm³/mol. The van der Waals surface area contributed by atoms with E-state index in [0.29, 0.717) is 53.5 Å². The topological polar surface area (TPSA) is 93.1 Å². The summed E-state index contributed by atoms with van der Waals surface area (Å²) in [6, 6.07) is 35.4. The van der Waals surface area contributed by atoms with Crippen molar-refractivity contribution in [1.29, 1.82) is 5.26 Å². The molecule has 57 heavy (non-hydrogen) atoms. The van der Waals surface area contributed by atoms with E-state index < -0.39 is 0 Å². The van der Waals surface area contributed by atoms with E-state index >= 15 is 0 Å². The molecule has 1 N–H and O–H groups in total. The fourth-order valence-corrected chi connectivity index (χ4v) is 8.29. The first-order chi connectivity index (χ1) is 27.8. The summed E-state index contributed by atoms with van der Waals surface area (Å²) in [7, 11) is 0. The van der Waals surface area contributed by atoms with E-state index in [0.717, 1.165) is 89.5 Å². The van der Waals surface area contributed by atoms with Crippen LogP contribution in [0.4, 0.5) is 0 Å². The van der Waals surface area contributed by atoms with Crippen LogP contribution in [-0.4, -0.2) is 49.3 Å². The fraction of sp³-hybridized carbons (Fsp3) is 0.319. The number of halogens is 2. The van der Waals surface area contributed by atoms with Gasteiger partial charge in [-0.15, -0.1) is 0 Å². The third kappa shape index (κ3) is 9.41. The molecule has 292 valence electrons. The maximum atomic E-state index is 14.1. The second kappa shape index (κ2) is 17.6. The summed E-state index contributed by atoms with van der Waals surface area (Å²) in [5.41, 5.74) is 8.17. The molecule has 3 aliphatic heterocycles. The molecule has 10 heteroatoms. The summed E-state index contributed by atoms with van der Waals surface area (Å²) in [4.78, 5) is 16.5. The molecular weight excluding hydrogens is 757 g/mol. The van der Waals surface area contributed by atoms with Crippen molar-refractivity contribution in [3.05, 3.63) is 147 Å². The molecule has 0 radical (unpaired) electrons. The van der Waals surface area contributed by atoms with Gasteiger partial charge in [0.25, 0.3) is 0 Å². The Bertz CT molecular complexity index is 2230. The Morgan fingerprint density at radius 2 is 1.58 bits per heavy atom. The molecule has 8 rings (SSSR count). The average molecular weight is 803 g/mol. The quantitative estimate of drug-likeness (QED) is 0.142. The molecule has 0 bridgehead atoms. The second-order valence-electron chi connectivity index (χ2n) is 15.3. The lowest BCUT2D eigenvalue weighted by Crippen LogP contribution is -2.53. The Balaban J connectivity index is 0.921. The van der Waals surface area contributed by atoms with Gasteiger partial charge >= 0.3 is 0 Å². The molecule has 1 fully saturated rings. The van der Waals surface area contributed by atoms with Crippen LogP contribution in [0.5, 0.6) is 17.2 Å². The molecule has 0 aliphatic carbocycles. The number of nitrogens with zero attached hydrogens (tertiary/aromatic N) is 2. The summed E-state index contributed by atoms with van der Waals surface area (Å²) < 4.78 is 24.5. The van der Waals surface area contributed by atoms with E-state index in [9.17, 15) is 4.79 Å². The Hall–Kier alpha value is -5.04. The molecule has 5 aromatic rings. The highest BCUT2D eigenvalue weighted by atomic mass is 35.5. The van der Waals surface area contributed by atoms with Crippen molar-refractivity contribution in [3.8, 4) is 34.4 Å². The monoisotopic (exact) mass is 801 g/mol. The predicted octanol–water partition coefficient (Wildman–Crippen LogP) is 9.52. The minimum atomic E-state index is -0.297. The molecule has 3 unspecified atom stereocenters. The molecule has 3 aliphatic rings. The minimum Gasteiger partial charge on any atom is -0.489 e. The number of ether oxygens (including phenoxy) is 4. The van der Waals surface area contributed by atoms with Gasteiger partial charge in [0.15, 0.2) is 17.6 Å². The van der Waals surface area contributed by atoms with Crippen LogP contribution < -0.4 is 19.5 Å². The lowest BCUT2D eigenvalue weighted by atomic mass is 9.90. The Kier molecular flexibility index (Phi) is 12.0. The van der Waals surface area contributed by atoms with E-state index in [2.05, 4.69) is 59.6 Å². The Labute approximate surface area is 344 Å². The molecule has 0 spiro atoms. The van der Waals surface area contributed by atoms with Gasteiger partial charge in [-0.1, -0.05) is 77.8 Å². The van der Waals surface area contributed by atoms with Crippen molar-refractivity contribution >= 4 is 29.1 Å². The molecule has 3 heterocycles. The van der Waals surface area contributed by atoms with Gasteiger partial charge in [0.2, 0.25) is 5.91 Å². The second-order valence-corrected chi connectivity index (χ2v) is 16.1. The normalized spacial score (nSPS) is 18.6. The molecular formula is C47H45Cl2N3O5. The van der Waals surface area contributed by atoms with Crippen LogP contribution in [0, 0.1) is 17.2 Å². The van der Waals surface area contributed by atoms with Crippen molar-refractivity contribution in [2.75, 3.05) is 26.4 Å². The van der Waals surface area contributed by atoms with Crippen LogP contribution in [0.2, 0.25) is 10.0 Å². The number of nitrogens with one attached hydrogen (secondary N) is 1. The van der Waals surface area contributed by atoms with Gasteiger partial charge in [-0.2, -0.15) is 5.26 Å². The van der Waals surface area contributed by atoms with Crippen LogP contribution in [-0.2, 0) is 35.5 Å². The van der Waals surface area contributed by atoms with Crippen LogP contribution in [0.25, 0.3) is 11.1 Å². The van der Waals surface area contributed by atoms with Gasteiger partial charge in [-0.25, -0.2) is 0 Å². The number of nitriles is 1.